The Kier molecular flexibility index (Phi) is 4.14. The quantitative estimate of drug-likeness (QED) is 0.365. The molecule has 0 unspecified atom stereocenters. The Labute approximate surface area is 102 Å². The van der Waals surface area contributed by atoms with Crippen LogP contribution in [-0.4, -0.2) is 9.91 Å². The van der Waals surface area contributed by atoms with Gasteiger partial charge in [0, 0.05) is 0 Å². The van der Waals surface area contributed by atoms with Crippen LogP contribution < -0.4 is 0 Å². The van der Waals surface area contributed by atoms with Crippen LogP contribution in [0, 0.1) is 13.7 Å². The van der Waals surface area contributed by atoms with Crippen LogP contribution in [0.3, 0.4) is 0 Å². The molecule has 1 rings (SSSR count). The maximum Gasteiger partial charge on any atom is 0.297 e. The fraction of sp³-hybridized carbons (Fsp3) is 0.286. The summed E-state index contributed by atoms with van der Waals surface area (Å²) in [6.45, 7) is 0. The standard InChI is InChI=1S/C7H4ClF2IN2O2/c8-1-3-6(11)5(7(9)10)4(2-12-3)13(14)15/h2,7H,1H2. The molecular formula is C7H4ClF2IN2O2. The van der Waals surface area contributed by atoms with E-state index >= 15 is 0 Å². The average Bonchev–Trinajstić information content (AvgIpc) is 2.16. The molecule has 0 aliphatic rings. The van der Waals surface area contributed by atoms with E-state index in [1.165, 1.54) is 0 Å². The van der Waals surface area contributed by atoms with Crippen molar-refractivity contribution < 1.29 is 13.7 Å². The van der Waals surface area contributed by atoms with Crippen LogP contribution in [0.4, 0.5) is 14.5 Å². The molecule has 4 nitrogen and oxygen atoms in total. The molecule has 0 spiro atoms. The van der Waals surface area contributed by atoms with Gasteiger partial charge in [-0.1, -0.05) is 0 Å². The second-order valence-electron chi connectivity index (χ2n) is 2.51. The predicted octanol–water partition coefficient (Wildman–Crippen LogP) is 3.27. The zero-order chi connectivity index (χ0) is 11.6. The van der Waals surface area contributed by atoms with E-state index in [1.54, 1.807) is 22.6 Å². The van der Waals surface area contributed by atoms with E-state index in [4.69, 9.17) is 11.6 Å². The molecule has 0 atom stereocenters. The summed E-state index contributed by atoms with van der Waals surface area (Å²) in [5, 5.41) is 10.5. The molecule has 0 amide bonds. The lowest BCUT2D eigenvalue weighted by molar-refractivity contribution is -0.386. The maximum absolute atomic E-state index is 12.6. The predicted molar refractivity (Wildman–Crippen MR) is 58.1 cm³/mol. The fourth-order valence-corrected chi connectivity index (χ4v) is 2.25. The van der Waals surface area contributed by atoms with Crippen molar-refractivity contribution in [3.63, 3.8) is 0 Å². The van der Waals surface area contributed by atoms with Gasteiger partial charge in [-0.05, 0) is 22.6 Å². The van der Waals surface area contributed by atoms with Crippen LogP contribution in [-0.2, 0) is 5.88 Å². The Hall–Kier alpha value is -0.570. The minimum Gasteiger partial charge on any atom is -0.258 e. The SMILES string of the molecule is O=[N+]([O-])c1cnc(CCl)c(I)c1C(F)F. The van der Waals surface area contributed by atoms with Gasteiger partial charge in [0.2, 0.25) is 0 Å². The van der Waals surface area contributed by atoms with Gasteiger partial charge in [0.15, 0.2) is 0 Å². The highest BCUT2D eigenvalue weighted by atomic mass is 127. The van der Waals surface area contributed by atoms with Gasteiger partial charge in [-0.2, -0.15) is 0 Å². The van der Waals surface area contributed by atoms with Gasteiger partial charge in [-0.25, -0.2) is 8.78 Å². The lowest BCUT2D eigenvalue weighted by atomic mass is 10.2. The van der Waals surface area contributed by atoms with Crippen molar-refractivity contribution >= 4 is 39.9 Å². The van der Waals surface area contributed by atoms with Crippen LogP contribution in [0.2, 0.25) is 0 Å². The van der Waals surface area contributed by atoms with E-state index in [9.17, 15) is 18.9 Å². The van der Waals surface area contributed by atoms with E-state index in [0.29, 0.717) is 0 Å². The summed E-state index contributed by atoms with van der Waals surface area (Å²) in [5.41, 5.74) is -1.08. The molecule has 15 heavy (non-hydrogen) atoms. The minimum absolute atomic E-state index is 0.0480. The van der Waals surface area contributed by atoms with Gasteiger partial charge in [0.1, 0.15) is 11.8 Å². The Morgan fingerprint density at radius 2 is 2.27 bits per heavy atom. The van der Waals surface area contributed by atoms with Crippen molar-refractivity contribution in [2.75, 3.05) is 0 Å². The summed E-state index contributed by atoms with van der Waals surface area (Å²) in [4.78, 5) is 13.2. The molecule has 0 aliphatic carbocycles. The molecule has 1 aromatic heterocycles. The summed E-state index contributed by atoms with van der Waals surface area (Å²) in [6.07, 6.45) is -2.11. The van der Waals surface area contributed by atoms with Crippen molar-refractivity contribution in [3.05, 3.63) is 31.1 Å². The average molecular weight is 348 g/mol. The number of alkyl halides is 3. The lowest BCUT2D eigenvalue weighted by Gasteiger charge is -2.06. The highest BCUT2D eigenvalue weighted by molar-refractivity contribution is 14.1. The Bertz CT molecular complexity index is 403. The van der Waals surface area contributed by atoms with Crippen LogP contribution >= 0.6 is 34.2 Å². The molecule has 0 aromatic carbocycles. The van der Waals surface area contributed by atoms with E-state index in [1.807, 2.05) is 0 Å². The second kappa shape index (κ2) is 4.97. The first-order valence-corrected chi connectivity index (χ1v) is 5.26. The van der Waals surface area contributed by atoms with E-state index < -0.39 is 22.6 Å². The lowest BCUT2D eigenvalue weighted by Crippen LogP contribution is -2.03. The first-order chi connectivity index (χ1) is 6.99. The van der Waals surface area contributed by atoms with Gasteiger partial charge in [0.25, 0.3) is 12.1 Å². The summed E-state index contributed by atoms with van der Waals surface area (Å²) < 4.78 is 25.2. The molecule has 1 heterocycles. The Morgan fingerprint density at radius 1 is 1.67 bits per heavy atom. The molecule has 8 heteroatoms. The minimum atomic E-state index is -2.91. The van der Waals surface area contributed by atoms with Crippen molar-refractivity contribution in [2.24, 2.45) is 0 Å². The molecule has 0 bridgehead atoms. The summed E-state index contributed by atoms with van der Waals surface area (Å²) in [7, 11) is 0. The zero-order valence-corrected chi connectivity index (χ0v) is 10.00. The Morgan fingerprint density at radius 3 is 2.67 bits per heavy atom. The van der Waals surface area contributed by atoms with E-state index in [-0.39, 0.29) is 15.1 Å². The number of nitro groups is 1. The zero-order valence-electron chi connectivity index (χ0n) is 7.08. The number of aromatic nitrogens is 1. The molecule has 0 N–H and O–H groups in total. The van der Waals surface area contributed by atoms with Crippen LogP contribution in [0.25, 0.3) is 0 Å². The number of pyridine rings is 1. The number of hydrogen-bond acceptors (Lipinski definition) is 3. The van der Waals surface area contributed by atoms with Crippen molar-refractivity contribution in [2.45, 2.75) is 12.3 Å². The normalized spacial score (nSPS) is 10.7. The smallest absolute Gasteiger partial charge is 0.258 e. The van der Waals surface area contributed by atoms with Crippen molar-refractivity contribution in [1.29, 1.82) is 0 Å². The third-order valence-electron chi connectivity index (χ3n) is 1.65. The van der Waals surface area contributed by atoms with Gasteiger partial charge < -0.3 is 0 Å². The largest absolute Gasteiger partial charge is 0.297 e. The van der Waals surface area contributed by atoms with Crippen LogP contribution in [0.1, 0.15) is 17.7 Å². The fourth-order valence-electron chi connectivity index (χ4n) is 0.979. The van der Waals surface area contributed by atoms with Crippen molar-refractivity contribution in [3.8, 4) is 0 Å². The molecule has 82 valence electrons. The second-order valence-corrected chi connectivity index (χ2v) is 3.86. The van der Waals surface area contributed by atoms with Gasteiger partial charge in [0.05, 0.1) is 20.1 Å². The van der Waals surface area contributed by atoms with Gasteiger partial charge in [-0.3, -0.25) is 15.1 Å². The monoisotopic (exact) mass is 348 g/mol. The number of halogens is 4. The highest BCUT2D eigenvalue weighted by Gasteiger charge is 2.27. The molecule has 1 aromatic rings. The summed E-state index contributed by atoms with van der Waals surface area (Å²) >= 11 is 7.04. The number of rotatable bonds is 3. The topological polar surface area (TPSA) is 56.0 Å². The van der Waals surface area contributed by atoms with Crippen LogP contribution in [0.15, 0.2) is 6.20 Å². The highest BCUT2D eigenvalue weighted by Crippen LogP contribution is 2.34. The van der Waals surface area contributed by atoms with E-state index in [2.05, 4.69) is 4.98 Å². The number of hydrogen-bond donors (Lipinski definition) is 0. The molecule has 0 saturated carbocycles. The molecule has 0 fully saturated rings. The van der Waals surface area contributed by atoms with Crippen molar-refractivity contribution in [1.82, 2.24) is 4.98 Å². The maximum atomic E-state index is 12.6. The van der Waals surface area contributed by atoms with Gasteiger partial charge in [-0.15, -0.1) is 11.6 Å². The third kappa shape index (κ3) is 2.51. The Balaban J connectivity index is 3.44. The molecular weight excluding hydrogens is 344 g/mol. The third-order valence-corrected chi connectivity index (χ3v) is 3.11. The number of nitrogens with zero attached hydrogens (tertiary/aromatic N) is 2. The van der Waals surface area contributed by atoms with Crippen LogP contribution in [0.5, 0.6) is 0 Å². The molecule has 0 radical (unpaired) electrons. The van der Waals surface area contributed by atoms with E-state index in [0.717, 1.165) is 6.20 Å². The first kappa shape index (κ1) is 12.5. The molecule has 0 aliphatic heterocycles. The van der Waals surface area contributed by atoms with Gasteiger partial charge >= 0.3 is 0 Å². The summed E-state index contributed by atoms with van der Waals surface area (Å²) in [6, 6.07) is 0. The molecule has 0 saturated heterocycles. The summed E-state index contributed by atoms with van der Waals surface area (Å²) in [5.74, 6) is -0.0595. The first-order valence-electron chi connectivity index (χ1n) is 3.64.